The van der Waals surface area contributed by atoms with Crippen LogP contribution in [-0.2, 0) is 21.4 Å². The Kier molecular flexibility index (Phi) is 5.96. The summed E-state index contributed by atoms with van der Waals surface area (Å²) in [7, 11) is -3.51. The van der Waals surface area contributed by atoms with E-state index in [1.807, 2.05) is 12.1 Å². The molecule has 2 N–H and O–H groups in total. The molecular weight excluding hydrogens is 312 g/mol. The molecule has 0 fully saturated rings. The van der Waals surface area contributed by atoms with Gasteiger partial charge in [-0.1, -0.05) is 24.3 Å². The van der Waals surface area contributed by atoms with Crippen LogP contribution in [0.15, 0.2) is 41.3 Å². The molecule has 6 heteroatoms. The van der Waals surface area contributed by atoms with Gasteiger partial charge in [0.25, 0.3) is 0 Å². The van der Waals surface area contributed by atoms with Crippen LogP contribution in [0.5, 0.6) is 0 Å². The van der Waals surface area contributed by atoms with Crippen LogP contribution in [0.1, 0.15) is 38.7 Å². The molecule has 0 radical (unpaired) electrons. The lowest BCUT2D eigenvalue weighted by Gasteiger charge is -2.17. The molecule has 126 valence electrons. The summed E-state index contributed by atoms with van der Waals surface area (Å²) in [5.74, 6) is 0.0532. The first-order valence-electron chi connectivity index (χ1n) is 7.92. The SMILES string of the molecule is CC(C)NS(=O)(=O)c1cccc(CNC(=O)[C@@H]2CC=CCC2)c1. The second-order valence-electron chi connectivity index (χ2n) is 6.12. The monoisotopic (exact) mass is 336 g/mol. The summed E-state index contributed by atoms with van der Waals surface area (Å²) in [6, 6.07) is 6.51. The van der Waals surface area contributed by atoms with Crippen molar-refractivity contribution >= 4 is 15.9 Å². The Hall–Kier alpha value is -1.66. The highest BCUT2D eigenvalue weighted by Gasteiger charge is 2.19. The van der Waals surface area contributed by atoms with Gasteiger partial charge in [0.2, 0.25) is 15.9 Å². The smallest absolute Gasteiger partial charge is 0.240 e. The zero-order chi connectivity index (χ0) is 16.9. The summed E-state index contributed by atoms with van der Waals surface area (Å²) >= 11 is 0. The Bertz CT molecular complexity index is 681. The van der Waals surface area contributed by atoms with Crippen molar-refractivity contribution in [2.75, 3.05) is 0 Å². The Morgan fingerprint density at radius 3 is 2.74 bits per heavy atom. The van der Waals surface area contributed by atoms with E-state index in [1.165, 1.54) is 0 Å². The first-order valence-corrected chi connectivity index (χ1v) is 9.41. The zero-order valence-electron chi connectivity index (χ0n) is 13.6. The van der Waals surface area contributed by atoms with Crippen molar-refractivity contribution in [1.29, 1.82) is 0 Å². The summed E-state index contributed by atoms with van der Waals surface area (Å²) in [6.07, 6.45) is 6.72. The second-order valence-corrected chi connectivity index (χ2v) is 7.84. The third kappa shape index (κ3) is 5.18. The van der Waals surface area contributed by atoms with Gasteiger partial charge in [-0.15, -0.1) is 0 Å². The van der Waals surface area contributed by atoms with Gasteiger partial charge in [0.1, 0.15) is 0 Å². The average molecular weight is 336 g/mol. The summed E-state index contributed by atoms with van der Waals surface area (Å²) in [5.41, 5.74) is 0.774. The topological polar surface area (TPSA) is 75.3 Å². The summed E-state index contributed by atoms with van der Waals surface area (Å²) in [6.45, 7) is 3.89. The molecule has 1 aliphatic carbocycles. The van der Waals surface area contributed by atoms with Crippen LogP contribution in [0.2, 0.25) is 0 Å². The molecule has 1 aliphatic rings. The minimum absolute atomic E-state index is 0.0227. The maximum Gasteiger partial charge on any atom is 0.240 e. The summed E-state index contributed by atoms with van der Waals surface area (Å²) < 4.78 is 26.9. The Balaban J connectivity index is 2.00. The first-order chi connectivity index (χ1) is 10.9. The molecule has 0 spiro atoms. The number of nitrogens with one attached hydrogen (secondary N) is 2. The van der Waals surface area contributed by atoms with Crippen molar-refractivity contribution in [1.82, 2.24) is 10.0 Å². The van der Waals surface area contributed by atoms with Crippen LogP contribution in [0.25, 0.3) is 0 Å². The maximum atomic E-state index is 12.2. The molecule has 1 aromatic rings. The van der Waals surface area contributed by atoms with E-state index in [2.05, 4.69) is 16.1 Å². The van der Waals surface area contributed by atoms with Crippen LogP contribution < -0.4 is 10.0 Å². The molecule has 1 aromatic carbocycles. The summed E-state index contributed by atoms with van der Waals surface area (Å²) in [4.78, 5) is 12.3. The van der Waals surface area contributed by atoms with E-state index in [9.17, 15) is 13.2 Å². The molecule has 1 amide bonds. The van der Waals surface area contributed by atoms with E-state index in [1.54, 1.807) is 32.0 Å². The first kappa shape index (κ1) is 17.7. The lowest BCUT2D eigenvalue weighted by molar-refractivity contribution is -0.125. The number of sulfonamides is 1. The van der Waals surface area contributed by atoms with E-state index in [0.717, 1.165) is 24.8 Å². The standard InChI is InChI=1S/C17H24N2O3S/c1-13(2)19-23(21,22)16-10-6-7-14(11-16)12-18-17(20)15-8-4-3-5-9-15/h3-4,6-7,10-11,13,15,19H,5,8-9,12H2,1-2H3,(H,18,20)/t15-/m1/s1. The number of hydrogen-bond donors (Lipinski definition) is 2. The van der Waals surface area contributed by atoms with E-state index in [4.69, 9.17) is 0 Å². The van der Waals surface area contributed by atoms with Gasteiger partial charge in [-0.2, -0.15) is 0 Å². The molecule has 0 unspecified atom stereocenters. The van der Waals surface area contributed by atoms with E-state index < -0.39 is 10.0 Å². The van der Waals surface area contributed by atoms with Gasteiger partial charge in [-0.05, 0) is 50.8 Å². The lowest BCUT2D eigenvalue weighted by Crippen LogP contribution is -2.31. The third-order valence-corrected chi connectivity index (χ3v) is 5.36. The average Bonchev–Trinajstić information content (AvgIpc) is 2.52. The molecule has 0 aliphatic heterocycles. The molecule has 0 saturated heterocycles. The molecule has 0 aromatic heterocycles. The molecule has 2 rings (SSSR count). The zero-order valence-corrected chi connectivity index (χ0v) is 14.4. The number of carbonyl (C=O) groups is 1. The number of benzene rings is 1. The Morgan fingerprint density at radius 1 is 1.30 bits per heavy atom. The fraction of sp³-hybridized carbons (Fsp3) is 0.471. The van der Waals surface area contributed by atoms with Gasteiger partial charge in [0.15, 0.2) is 0 Å². The molecule has 23 heavy (non-hydrogen) atoms. The van der Waals surface area contributed by atoms with Gasteiger partial charge in [-0.25, -0.2) is 13.1 Å². The maximum absolute atomic E-state index is 12.2. The van der Waals surface area contributed by atoms with Crippen molar-refractivity contribution in [3.8, 4) is 0 Å². The predicted molar refractivity (Wildman–Crippen MR) is 90.2 cm³/mol. The van der Waals surface area contributed by atoms with E-state index >= 15 is 0 Å². The van der Waals surface area contributed by atoms with E-state index in [0.29, 0.717) is 6.54 Å². The summed E-state index contributed by atoms with van der Waals surface area (Å²) in [5, 5.41) is 2.90. The highest BCUT2D eigenvalue weighted by Crippen LogP contribution is 2.18. The molecular formula is C17H24N2O3S. The molecule has 1 atom stereocenters. The van der Waals surface area contributed by atoms with Crippen molar-refractivity contribution in [2.24, 2.45) is 5.92 Å². The Labute approximate surface area is 138 Å². The van der Waals surface area contributed by atoms with Gasteiger partial charge in [0.05, 0.1) is 4.90 Å². The van der Waals surface area contributed by atoms with Crippen LogP contribution in [0.4, 0.5) is 0 Å². The molecule has 0 bridgehead atoms. The fourth-order valence-electron chi connectivity index (χ4n) is 2.57. The minimum atomic E-state index is -3.51. The minimum Gasteiger partial charge on any atom is -0.352 e. The van der Waals surface area contributed by atoms with Crippen LogP contribution in [-0.4, -0.2) is 20.4 Å². The normalized spacial score (nSPS) is 18.1. The fourth-order valence-corrected chi connectivity index (χ4v) is 3.89. The van der Waals surface area contributed by atoms with Crippen LogP contribution in [0, 0.1) is 5.92 Å². The van der Waals surface area contributed by atoms with Gasteiger partial charge in [0, 0.05) is 18.5 Å². The molecule has 0 saturated carbocycles. The van der Waals surface area contributed by atoms with Gasteiger partial charge < -0.3 is 5.32 Å². The van der Waals surface area contributed by atoms with Gasteiger partial charge in [-0.3, -0.25) is 4.79 Å². The molecule has 0 heterocycles. The number of rotatable bonds is 6. The van der Waals surface area contributed by atoms with Crippen LogP contribution >= 0.6 is 0 Å². The predicted octanol–water partition coefficient (Wildman–Crippen LogP) is 2.35. The van der Waals surface area contributed by atoms with E-state index in [-0.39, 0.29) is 22.8 Å². The van der Waals surface area contributed by atoms with Crippen molar-refractivity contribution < 1.29 is 13.2 Å². The number of carbonyl (C=O) groups excluding carboxylic acids is 1. The molecule has 5 nitrogen and oxygen atoms in total. The highest BCUT2D eigenvalue weighted by molar-refractivity contribution is 7.89. The van der Waals surface area contributed by atoms with Crippen LogP contribution in [0.3, 0.4) is 0 Å². The second kappa shape index (κ2) is 7.75. The number of hydrogen-bond acceptors (Lipinski definition) is 3. The van der Waals surface area contributed by atoms with Crippen molar-refractivity contribution in [3.63, 3.8) is 0 Å². The lowest BCUT2D eigenvalue weighted by atomic mass is 9.93. The largest absolute Gasteiger partial charge is 0.352 e. The van der Waals surface area contributed by atoms with Crippen molar-refractivity contribution in [3.05, 3.63) is 42.0 Å². The van der Waals surface area contributed by atoms with Crippen molar-refractivity contribution in [2.45, 2.75) is 50.6 Å². The number of amides is 1. The highest BCUT2D eigenvalue weighted by atomic mass is 32.2. The third-order valence-electron chi connectivity index (χ3n) is 3.71. The Morgan fingerprint density at radius 2 is 2.09 bits per heavy atom. The number of allylic oxidation sites excluding steroid dienone is 2. The quantitative estimate of drug-likeness (QED) is 0.783. The van der Waals surface area contributed by atoms with Gasteiger partial charge >= 0.3 is 0 Å².